The van der Waals surface area contributed by atoms with Gasteiger partial charge in [-0.3, -0.25) is 14.5 Å². The predicted octanol–water partition coefficient (Wildman–Crippen LogP) is 1.76. The second kappa shape index (κ2) is 7.36. The molecule has 0 bridgehead atoms. The minimum atomic E-state index is -0.188. The lowest BCUT2D eigenvalue weighted by Crippen LogP contribution is -2.62. The maximum atomic E-state index is 12.2. The number of benzene rings is 1. The van der Waals surface area contributed by atoms with E-state index in [0.717, 1.165) is 44.6 Å². The van der Waals surface area contributed by atoms with Gasteiger partial charge in [-0.05, 0) is 49.7 Å². The molecule has 2 amide bonds. The van der Waals surface area contributed by atoms with E-state index >= 15 is 0 Å². The van der Waals surface area contributed by atoms with Crippen LogP contribution in [0.4, 0.5) is 0 Å². The van der Waals surface area contributed by atoms with Gasteiger partial charge in [-0.15, -0.1) is 0 Å². The molecule has 2 fully saturated rings. The number of piperidine rings is 1. The minimum Gasteiger partial charge on any atom is -0.369 e. The molecule has 2 aliphatic rings. The van der Waals surface area contributed by atoms with Crippen molar-refractivity contribution in [2.75, 3.05) is 26.2 Å². The number of nitrogens with zero attached hydrogens (tertiary/aromatic N) is 2. The van der Waals surface area contributed by atoms with Crippen LogP contribution < -0.4 is 5.73 Å². The quantitative estimate of drug-likeness (QED) is 0.844. The SMILES string of the molecule is NC(=O)C1CCN(C2CN(C(=O)/C=C/c3ccc(Cl)cc3)C2)CC1. The molecule has 2 aliphatic heterocycles. The summed E-state index contributed by atoms with van der Waals surface area (Å²) in [6, 6.07) is 7.79. The van der Waals surface area contributed by atoms with Crippen LogP contribution in [-0.4, -0.2) is 53.8 Å². The fourth-order valence-corrected chi connectivity index (χ4v) is 3.39. The van der Waals surface area contributed by atoms with Crippen LogP contribution in [0.3, 0.4) is 0 Å². The maximum Gasteiger partial charge on any atom is 0.246 e. The summed E-state index contributed by atoms with van der Waals surface area (Å²) in [5.41, 5.74) is 6.32. The van der Waals surface area contributed by atoms with Crippen molar-refractivity contribution in [2.45, 2.75) is 18.9 Å². The van der Waals surface area contributed by atoms with Gasteiger partial charge < -0.3 is 10.6 Å². The zero-order valence-electron chi connectivity index (χ0n) is 13.5. The second-order valence-electron chi connectivity index (χ2n) is 6.49. The highest BCUT2D eigenvalue weighted by molar-refractivity contribution is 6.30. The number of nitrogens with two attached hydrogens (primary N) is 1. The number of primary amides is 1. The van der Waals surface area contributed by atoms with Crippen molar-refractivity contribution in [1.29, 1.82) is 0 Å². The number of likely N-dealkylation sites (tertiary alicyclic amines) is 2. The summed E-state index contributed by atoms with van der Waals surface area (Å²) in [7, 11) is 0. The van der Waals surface area contributed by atoms with Crippen LogP contribution in [0.1, 0.15) is 18.4 Å². The third-order valence-electron chi connectivity index (χ3n) is 4.91. The largest absolute Gasteiger partial charge is 0.369 e. The number of halogens is 1. The normalized spacial score (nSPS) is 20.3. The van der Waals surface area contributed by atoms with Gasteiger partial charge in [0.2, 0.25) is 11.8 Å². The van der Waals surface area contributed by atoms with Crippen LogP contribution in [0.2, 0.25) is 5.02 Å². The van der Waals surface area contributed by atoms with E-state index < -0.39 is 0 Å². The highest BCUT2D eigenvalue weighted by Crippen LogP contribution is 2.23. The first kappa shape index (κ1) is 17.0. The highest BCUT2D eigenvalue weighted by atomic mass is 35.5. The third kappa shape index (κ3) is 3.97. The Labute approximate surface area is 147 Å². The van der Waals surface area contributed by atoms with Crippen molar-refractivity contribution in [3.8, 4) is 0 Å². The zero-order valence-corrected chi connectivity index (χ0v) is 14.3. The predicted molar refractivity (Wildman–Crippen MR) is 94.3 cm³/mol. The van der Waals surface area contributed by atoms with Gasteiger partial charge >= 0.3 is 0 Å². The molecule has 24 heavy (non-hydrogen) atoms. The Balaban J connectivity index is 1.44. The Bertz CT molecular complexity index is 630. The first-order valence-electron chi connectivity index (χ1n) is 8.29. The van der Waals surface area contributed by atoms with Gasteiger partial charge in [0.25, 0.3) is 0 Å². The van der Waals surface area contributed by atoms with E-state index in [2.05, 4.69) is 4.90 Å². The molecule has 2 heterocycles. The van der Waals surface area contributed by atoms with Crippen molar-refractivity contribution in [3.63, 3.8) is 0 Å². The van der Waals surface area contributed by atoms with Gasteiger partial charge in [-0.1, -0.05) is 23.7 Å². The molecule has 5 nitrogen and oxygen atoms in total. The molecule has 1 aromatic carbocycles. The van der Waals surface area contributed by atoms with Crippen LogP contribution in [0, 0.1) is 5.92 Å². The summed E-state index contributed by atoms with van der Waals surface area (Å²) in [6.07, 6.45) is 5.08. The molecule has 2 saturated heterocycles. The van der Waals surface area contributed by atoms with Crippen LogP contribution in [0.25, 0.3) is 6.08 Å². The Morgan fingerprint density at radius 1 is 1.12 bits per heavy atom. The summed E-state index contributed by atoms with van der Waals surface area (Å²) >= 11 is 5.84. The van der Waals surface area contributed by atoms with Crippen molar-refractivity contribution in [2.24, 2.45) is 11.7 Å². The number of amides is 2. The van der Waals surface area contributed by atoms with Crippen LogP contribution in [0.5, 0.6) is 0 Å². The molecule has 0 radical (unpaired) electrons. The molecular formula is C18H22ClN3O2. The monoisotopic (exact) mass is 347 g/mol. The molecule has 0 unspecified atom stereocenters. The average molecular weight is 348 g/mol. The van der Waals surface area contributed by atoms with E-state index in [4.69, 9.17) is 17.3 Å². The molecule has 2 N–H and O–H groups in total. The van der Waals surface area contributed by atoms with Gasteiger partial charge in [-0.2, -0.15) is 0 Å². The summed E-state index contributed by atoms with van der Waals surface area (Å²) in [5, 5.41) is 0.684. The Kier molecular flexibility index (Phi) is 5.21. The smallest absolute Gasteiger partial charge is 0.246 e. The molecular weight excluding hydrogens is 326 g/mol. The summed E-state index contributed by atoms with van der Waals surface area (Å²) in [5.74, 6) is -0.137. The number of carbonyl (C=O) groups is 2. The second-order valence-corrected chi connectivity index (χ2v) is 6.93. The van der Waals surface area contributed by atoms with E-state index in [0.29, 0.717) is 11.1 Å². The molecule has 128 valence electrons. The molecule has 0 aromatic heterocycles. The van der Waals surface area contributed by atoms with E-state index in [1.165, 1.54) is 0 Å². The van der Waals surface area contributed by atoms with Crippen molar-refractivity contribution < 1.29 is 9.59 Å². The van der Waals surface area contributed by atoms with Gasteiger partial charge in [0.15, 0.2) is 0 Å². The van der Waals surface area contributed by atoms with Crippen LogP contribution in [0.15, 0.2) is 30.3 Å². The van der Waals surface area contributed by atoms with E-state index in [1.54, 1.807) is 18.2 Å². The first-order valence-corrected chi connectivity index (χ1v) is 8.66. The van der Waals surface area contributed by atoms with Crippen molar-refractivity contribution in [3.05, 3.63) is 40.9 Å². The Morgan fingerprint density at radius 2 is 1.75 bits per heavy atom. The molecule has 0 aliphatic carbocycles. The van der Waals surface area contributed by atoms with Gasteiger partial charge in [0, 0.05) is 36.1 Å². The highest BCUT2D eigenvalue weighted by Gasteiger charge is 2.36. The minimum absolute atomic E-state index is 0.0152. The standard InChI is InChI=1S/C18H22ClN3O2/c19-15-4-1-13(2-5-15)3-6-17(23)22-11-16(12-22)21-9-7-14(8-10-21)18(20)24/h1-6,14,16H,7-12H2,(H2,20,24)/b6-3+. The third-order valence-corrected chi connectivity index (χ3v) is 5.16. The lowest BCUT2D eigenvalue weighted by molar-refractivity contribution is -0.133. The first-order chi connectivity index (χ1) is 11.5. The molecule has 0 saturated carbocycles. The summed E-state index contributed by atoms with van der Waals surface area (Å²) in [4.78, 5) is 27.6. The summed E-state index contributed by atoms with van der Waals surface area (Å²) in [6.45, 7) is 3.29. The van der Waals surface area contributed by atoms with Gasteiger partial charge in [-0.25, -0.2) is 0 Å². The van der Waals surface area contributed by atoms with Crippen LogP contribution >= 0.6 is 11.6 Å². The fraction of sp³-hybridized carbons (Fsp3) is 0.444. The molecule has 6 heteroatoms. The van der Waals surface area contributed by atoms with Crippen molar-refractivity contribution >= 4 is 29.5 Å². The number of hydrogen-bond acceptors (Lipinski definition) is 3. The molecule has 0 atom stereocenters. The van der Waals surface area contributed by atoms with E-state index in [9.17, 15) is 9.59 Å². The van der Waals surface area contributed by atoms with Gasteiger partial charge in [0.05, 0.1) is 0 Å². The molecule has 3 rings (SSSR count). The van der Waals surface area contributed by atoms with Gasteiger partial charge in [0.1, 0.15) is 0 Å². The lowest BCUT2D eigenvalue weighted by Gasteiger charge is -2.47. The fourth-order valence-electron chi connectivity index (χ4n) is 3.26. The number of hydrogen-bond donors (Lipinski definition) is 1. The van der Waals surface area contributed by atoms with E-state index in [1.807, 2.05) is 23.1 Å². The number of carbonyl (C=O) groups excluding carboxylic acids is 2. The average Bonchev–Trinajstić information content (AvgIpc) is 2.53. The Hall–Kier alpha value is -1.85. The molecule has 1 aromatic rings. The topological polar surface area (TPSA) is 66.6 Å². The Morgan fingerprint density at radius 3 is 2.33 bits per heavy atom. The van der Waals surface area contributed by atoms with Crippen molar-refractivity contribution in [1.82, 2.24) is 9.80 Å². The van der Waals surface area contributed by atoms with Crippen LogP contribution in [-0.2, 0) is 9.59 Å². The maximum absolute atomic E-state index is 12.2. The number of rotatable bonds is 4. The zero-order chi connectivity index (χ0) is 17.1. The molecule has 0 spiro atoms. The summed E-state index contributed by atoms with van der Waals surface area (Å²) < 4.78 is 0. The lowest BCUT2D eigenvalue weighted by atomic mass is 9.94. The van der Waals surface area contributed by atoms with E-state index in [-0.39, 0.29) is 17.7 Å².